The Morgan fingerprint density at radius 1 is 1.20 bits per heavy atom. The van der Waals surface area contributed by atoms with Crippen molar-refractivity contribution in [2.24, 2.45) is 0 Å². The van der Waals surface area contributed by atoms with Crippen molar-refractivity contribution in [3.8, 4) is 5.75 Å². The van der Waals surface area contributed by atoms with E-state index in [1.165, 1.54) is 0 Å². The first-order chi connectivity index (χ1) is 4.12. The molecule has 9 N–H and O–H groups in total. The monoisotopic (exact) mass is 297 g/mol. The first-order valence-corrected chi connectivity index (χ1v) is 3.47. The van der Waals surface area contributed by atoms with E-state index < -0.39 is 0 Å². The predicted molar refractivity (Wildman–Crippen MR) is 58.6 cm³/mol. The zero-order valence-corrected chi connectivity index (χ0v) is 9.69. The Morgan fingerprint density at radius 3 is 1.73 bits per heavy atom. The fraction of sp³-hybridized carbons (Fsp3) is 0.800. The van der Waals surface area contributed by atoms with Crippen molar-refractivity contribution in [1.29, 1.82) is 0 Å². The van der Waals surface area contributed by atoms with Crippen LogP contribution in [0.25, 0.3) is 0 Å². The number of hydrogen-bond donors (Lipinski definition) is 1. The average Bonchev–Trinajstić information content (AvgIpc) is 1.64. The Bertz CT molecular complexity index is 187. The van der Waals surface area contributed by atoms with E-state index in [1.54, 1.807) is 0 Å². The number of nitrogens with zero attached hydrogens (tertiary/aromatic N) is 1. The second kappa shape index (κ2) is 24.5. The Kier molecular flexibility index (Phi) is 72.1. The molecular weight excluding hydrogens is 277 g/mol. The van der Waals surface area contributed by atoms with Crippen LogP contribution in [-0.2, 0) is 4.57 Å². The Hall–Kier alpha value is 1.32. The van der Waals surface area contributed by atoms with Gasteiger partial charge in [-0.15, -0.1) is 0 Å². The molecule has 0 aromatic carbocycles. The molecule has 0 aromatic heterocycles. The van der Waals surface area contributed by atoms with Gasteiger partial charge in [0.1, 0.15) is 0 Å². The van der Waals surface area contributed by atoms with Crippen molar-refractivity contribution in [3.63, 3.8) is 0 Å². The fourth-order valence-electron chi connectivity index (χ4n) is 0.411. The van der Waals surface area contributed by atoms with E-state index in [1.807, 2.05) is 14.1 Å². The smallest absolute Gasteiger partial charge is 1.00 e. The molecule has 7 nitrogen and oxygen atoms in total. The van der Waals surface area contributed by atoms with Gasteiger partial charge in [0.25, 0.3) is 0 Å². The summed E-state index contributed by atoms with van der Waals surface area (Å²) in [5.41, 5.74) is 0. The normalized spacial score (nSPS) is 6.33. The summed E-state index contributed by atoms with van der Waals surface area (Å²) < 4.78 is 10.3. The molecule has 0 unspecified atom stereocenters. The van der Waals surface area contributed by atoms with Gasteiger partial charge in [-0.2, -0.15) is 0 Å². The van der Waals surface area contributed by atoms with Gasteiger partial charge in [0.15, 0.2) is 0 Å². The summed E-state index contributed by atoms with van der Waals surface area (Å²) in [6, 6.07) is 0. The largest absolute Gasteiger partial charge is 1.00 e. The van der Waals surface area contributed by atoms with Gasteiger partial charge in [0, 0.05) is 0 Å². The molecule has 0 aliphatic carbocycles. The van der Waals surface area contributed by atoms with Gasteiger partial charge in [-0.1, -0.05) is 0 Å². The van der Waals surface area contributed by atoms with E-state index in [4.69, 9.17) is 5.11 Å². The number of rotatable bonds is 2. The van der Waals surface area contributed by atoms with Crippen molar-refractivity contribution < 1.29 is 48.5 Å². The maximum atomic E-state index is 9.98. The van der Waals surface area contributed by atoms with Crippen LogP contribution in [0.1, 0.15) is 0 Å². The summed E-state index contributed by atoms with van der Waals surface area (Å²) >= 11 is 0. The zero-order chi connectivity index (χ0) is 7.33. The molecule has 0 saturated carbocycles. The maximum absolute atomic E-state index is 9.98. The van der Waals surface area contributed by atoms with Crippen LogP contribution >= 0.6 is 7.92 Å². The minimum Gasteiger partial charge on any atom is -1.00 e. The quantitative estimate of drug-likeness (QED) is 0.304. The molecule has 15 heavy (non-hydrogen) atoms. The topological polar surface area (TPSA) is 163 Å². The van der Waals surface area contributed by atoms with Crippen molar-refractivity contribution >= 4 is 45.7 Å². The number of aliphatic hydroxyl groups is 1. The molecule has 0 bridgehead atoms. The van der Waals surface area contributed by atoms with Crippen LogP contribution in [0, 0.1) is 5.75 Å². The van der Waals surface area contributed by atoms with E-state index >= 15 is 0 Å². The van der Waals surface area contributed by atoms with E-state index in [9.17, 15) is 4.57 Å². The number of quaternary nitrogens is 1. The summed E-state index contributed by atoms with van der Waals surface area (Å²) in [5, 5.41) is 8.47. The summed E-state index contributed by atoms with van der Waals surface area (Å²) in [4.78, 5) is 0. The second-order valence-corrected chi connectivity index (χ2v) is 2.71. The van der Waals surface area contributed by atoms with Crippen molar-refractivity contribution in [3.05, 3.63) is 0 Å². The van der Waals surface area contributed by atoms with Crippen LogP contribution in [0.4, 0.5) is 0 Å². The van der Waals surface area contributed by atoms with E-state index in [2.05, 4.69) is 5.75 Å². The number of hydrogen-bond acceptors (Lipinski definition) is 2. The first-order valence-electron chi connectivity index (χ1n) is 2.66. The standard InChI is InChI=1S/C5H11NO2P.Ca.ClH.4H2O.2H/c1-6(2,3-4-7)5-9-8;;;;;;;;/h7H,3-4H2,1-2H3;;1H;4*1H2;;/q+1;;;;;;;;/p-1. The second-order valence-electron chi connectivity index (χ2n) is 2.32. The SMILES string of the molecule is C[N+](C)(C#P=O)CCO.O.O.O.O.[CaH2].[Cl-]. The van der Waals surface area contributed by atoms with Gasteiger partial charge in [0.2, 0.25) is 0 Å². The first kappa shape index (κ1) is 44.1. The van der Waals surface area contributed by atoms with Crippen LogP contribution < -0.4 is 12.4 Å². The molecule has 10 heteroatoms. The van der Waals surface area contributed by atoms with Crippen LogP contribution in [0.2, 0.25) is 0 Å². The molecule has 0 amide bonds. The number of likely N-dealkylation sites (N-methyl/N-ethyl adjacent to an activating group) is 1. The van der Waals surface area contributed by atoms with Gasteiger partial charge >= 0.3 is 92.8 Å². The Labute approximate surface area is 126 Å². The third-order valence-electron chi connectivity index (χ3n) is 0.971. The Balaban J connectivity index is -0.0000000213. The summed E-state index contributed by atoms with van der Waals surface area (Å²) in [6.07, 6.45) is 0. The summed E-state index contributed by atoms with van der Waals surface area (Å²) in [5.74, 6) is 2.62. The molecule has 96 valence electrons. The third-order valence-corrected chi connectivity index (χ3v) is 1.59. The summed E-state index contributed by atoms with van der Waals surface area (Å²) in [7, 11) is 3.54. The third kappa shape index (κ3) is 31.3. The van der Waals surface area contributed by atoms with Gasteiger partial charge in [-0.05, 0) is 0 Å². The van der Waals surface area contributed by atoms with Gasteiger partial charge in [-0.3, -0.25) is 0 Å². The molecule has 0 heterocycles. The molecule has 0 aliphatic rings. The van der Waals surface area contributed by atoms with Crippen LogP contribution in [-0.4, -0.2) is 96.5 Å². The van der Waals surface area contributed by atoms with Gasteiger partial charge < -0.3 is 34.3 Å². The number of halogens is 1. The molecule has 0 rings (SSSR count). The molecule has 0 radical (unpaired) electrons. The fourth-order valence-corrected chi connectivity index (χ4v) is 0.732. The zero-order valence-electron chi connectivity index (χ0n) is 8.04. The van der Waals surface area contributed by atoms with Crippen LogP contribution in [0.5, 0.6) is 0 Å². The summed E-state index contributed by atoms with van der Waals surface area (Å²) in [6.45, 7) is 0.644. The molecule has 0 fully saturated rings. The van der Waals surface area contributed by atoms with Crippen molar-refractivity contribution in [1.82, 2.24) is 0 Å². The van der Waals surface area contributed by atoms with Gasteiger partial charge in [-0.25, -0.2) is 0 Å². The average molecular weight is 298 g/mol. The van der Waals surface area contributed by atoms with E-state index in [0.717, 1.165) is 0 Å². The molecule has 0 saturated heterocycles. The minimum atomic E-state index is -0.105. The van der Waals surface area contributed by atoms with Crippen molar-refractivity contribution in [2.75, 3.05) is 27.2 Å². The number of aliphatic hydroxyl groups excluding tert-OH is 1. The molecule has 0 aromatic rings. The molecule has 0 aliphatic heterocycles. The predicted octanol–water partition coefficient (Wildman–Crippen LogP) is -6.95. The van der Waals surface area contributed by atoms with E-state index in [-0.39, 0.29) is 86.6 Å². The van der Waals surface area contributed by atoms with Crippen LogP contribution in [0.15, 0.2) is 0 Å². The maximum Gasteiger partial charge on any atom is -1.00 e. The Morgan fingerprint density at radius 2 is 1.53 bits per heavy atom. The van der Waals surface area contributed by atoms with Gasteiger partial charge in [0.05, 0.1) is 0 Å². The molecule has 0 atom stereocenters. The molecule has 0 spiro atoms. The minimum absolute atomic E-state index is 0. The van der Waals surface area contributed by atoms with E-state index in [0.29, 0.717) is 11.0 Å². The molecular formula is C5H21CaClNO6P. The van der Waals surface area contributed by atoms with Crippen molar-refractivity contribution in [2.45, 2.75) is 0 Å². The van der Waals surface area contributed by atoms with Crippen LogP contribution in [0.3, 0.4) is 0 Å².